The van der Waals surface area contributed by atoms with E-state index in [0.29, 0.717) is 5.56 Å². The lowest BCUT2D eigenvalue weighted by Crippen LogP contribution is -2.28. The van der Waals surface area contributed by atoms with Gasteiger partial charge in [-0.3, -0.25) is 4.79 Å². The first-order valence-corrected chi connectivity index (χ1v) is 6.35. The average Bonchev–Trinajstić information content (AvgIpc) is 2.40. The number of nitrogens with zero attached hydrogens (tertiary/aromatic N) is 1. The van der Waals surface area contributed by atoms with E-state index in [2.05, 4.69) is 0 Å². The summed E-state index contributed by atoms with van der Waals surface area (Å²) in [5.41, 5.74) is 4.78. The van der Waals surface area contributed by atoms with Crippen molar-refractivity contribution in [1.29, 1.82) is 0 Å². The highest BCUT2D eigenvalue weighted by atomic mass is 32.1. The van der Waals surface area contributed by atoms with Crippen molar-refractivity contribution >= 4 is 17.2 Å². The largest absolute Gasteiger partial charge is 0.416 e. The highest BCUT2D eigenvalue weighted by molar-refractivity contribution is 7.80. The average molecular weight is 312 g/mol. The lowest BCUT2D eigenvalue weighted by molar-refractivity contribution is -0.137. The summed E-state index contributed by atoms with van der Waals surface area (Å²) in [5, 5.41) is 0. The van der Waals surface area contributed by atoms with Crippen molar-refractivity contribution in [2.45, 2.75) is 12.7 Å². The van der Waals surface area contributed by atoms with Crippen molar-refractivity contribution in [3.8, 4) is 0 Å². The summed E-state index contributed by atoms with van der Waals surface area (Å²) in [4.78, 5) is 12.0. The molecule has 0 atom stereocenters. The fourth-order valence-electron chi connectivity index (χ4n) is 1.89. The molecule has 0 spiro atoms. The van der Waals surface area contributed by atoms with Crippen LogP contribution in [-0.2, 0) is 12.7 Å². The van der Waals surface area contributed by atoms with Crippen LogP contribution in [0, 0.1) is 0 Å². The van der Waals surface area contributed by atoms with E-state index in [-0.39, 0.29) is 17.1 Å². The minimum absolute atomic E-state index is 0.0131. The summed E-state index contributed by atoms with van der Waals surface area (Å²) < 4.78 is 39.2. The van der Waals surface area contributed by atoms with Gasteiger partial charge in [0, 0.05) is 6.20 Å². The molecule has 21 heavy (non-hydrogen) atoms. The van der Waals surface area contributed by atoms with Crippen LogP contribution in [0.3, 0.4) is 0 Å². The Labute approximate surface area is 123 Å². The van der Waals surface area contributed by atoms with Crippen LogP contribution in [0.4, 0.5) is 13.2 Å². The summed E-state index contributed by atoms with van der Waals surface area (Å²) in [6.45, 7) is 0.0131. The van der Waals surface area contributed by atoms with Gasteiger partial charge in [0.1, 0.15) is 4.99 Å². The van der Waals surface area contributed by atoms with Crippen molar-refractivity contribution in [2.24, 2.45) is 5.73 Å². The molecule has 0 unspecified atom stereocenters. The third-order valence-corrected chi connectivity index (χ3v) is 3.11. The summed E-state index contributed by atoms with van der Waals surface area (Å²) >= 11 is 4.76. The molecule has 0 bridgehead atoms. The molecule has 1 aromatic carbocycles. The van der Waals surface area contributed by atoms with Crippen LogP contribution in [0.15, 0.2) is 47.4 Å². The first kappa shape index (κ1) is 15.2. The molecule has 2 rings (SSSR count). The normalized spacial score (nSPS) is 11.4. The number of halogens is 3. The highest BCUT2D eigenvalue weighted by Gasteiger charge is 2.30. The van der Waals surface area contributed by atoms with Crippen molar-refractivity contribution in [1.82, 2.24) is 4.57 Å². The molecule has 0 amide bonds. The van der Waals surface area contributed by atoms with E-state index in [1.165, 1.54) is 29.0 Å². The van der Waals surface area contributed by atoms with Gasteiger partial charge in [0.05, 0.1) is 17.7 Å². The van der Waals surface area contributed by atoms with Crippen LogP contribution in [0.25, 0.3) is 0 Å². The zero-order chi connectivity index (χ0) is 15.6. The number of benzene rings is 1. The number of hydrogen-bond acceptors (Lipinski definition) is 2. The predicted molar refractivity (Wildman–Crippen MR) is 77.1 cm³/mol. The number of thiocarbonyl (C=S) groups is 1. The van der Waals surface area contributed by atoms with Crippen LogP contribution < -0.4 is 11.3 Å². The van der Waals surface area contributed by atoms with E-state index in [1.54, 1.807) is 6.07 Å². The molecule has 7 heteroatoms. The third kappa shape index (κ3) is 3.49. The topological polar surface area (TPSA) is 48.0 Å². The van der Waals surface area contributed by atoms with Gasteiger partial charge in [-0.1, -0.05) is 24.4 Å². The summed E-state index contributed by atoms with van der Waals surface area (Å²) in [7, 11) is 0. The Morgan fingerprint density at radius 2 is 1.95 bits per heavy atom. The van der Waals surface area contributed by atoms with E-state index in [9.17, 15) is 18.0 Å². The first-order valence-electron chi connectivity index (χ1n) is 5.94. The maximum Gasteiger partial charge on any atom is 0.416 e. The Bertz CT molecular complexity index is 737. The number of pyridine rings is 1. The van der Waals surface area contributed by atoms with Gasteiger partial charge in [0.2, 0.25) is 0 Å². The van der Waals surface area contributed by atoms with E-state index in [1.807, 2.05) is 0 Å². The van der Waals surface area contributed by atoms with Gasteiger partial charge < -0.3 is 10.3 Å². The number of aromatic nitrogens is 1. The lowest BCUT2D eigenvalue weighted by Gasteiger charge is -2.10. The van der Waals surface area contributed by atoms with E-state index in [4.69, 9.17) is 18.0 Å². The molecule has 0 aliphatic carbocycles. The number of alkyl halides is 3. The standard InChI is InChI=1S/C14H11F3N2OS/c15-14(16,17)10-4-1-3-9(7-10)8-19-6-2-5-11(12(18)21)13(19)20/h1-7H,8H2,(H2,18,21). The molecule has 0 radical (unpaired) electrons. The van der Waals surface area contributed by atoms with Gasteiger partial charge in [-0.2, -0.15) is 13.2 Å². The second-order valence-electron chi connectivity index (χ2n) is 4.42. The molecule has 1 heterocycles. The van der Waals surface area contributed by atoms with Crippen LogP contribution in [0.1, 0.15) is 16.7 Å². The Morgan fingerprint density at radius 3 is 2.57 bits per heavy atom. The van der Waals surface area contributed by atoms with E-state index < -0.39 is 17.3 Å². The summed E-state index contributed by atoms with van der Waals surface area (Å²) in [6.07, 6.45) is -2.94. The van der Waals surface area contributed by atoms with Crippen LogP contribution in [-0.4, -0.2) is 9.56 Å². The third-order valence-electron chi connectivity index (χ3n) is 2.89. The van der Waals surface area contributed by atoms with Crippen molar-refractivity contribution in [3.05, 3.63) is 69.6 Å². The number of rotatable bonds is 3. The molecule has 3 nitrogen and oxygen atoms in total. The monoisotopic (exact) mass is 312 g/mol. The Balaban J connectivity index is 2.38. The fourth-order valence-corrected chi connectivity index (χ4v) is 2.05. The van der Waals surface area contributed by atoms with Crippen molar-refractivity contribution < 1.29 is 13.2 Å². The smallest absolute Gasteiger partial charge is 0.389 e. The minimum atomic E-state index is -4.42. The zero-order valence-electron chi connectivity index (χ0n) is 10.7. The van der Waals surface area contributed by atoms with Gasteiger partial charge in [-0.05, 0) is 29.8 Å². The molecular weight excluding hydrogens is 301 g/mol. The molecule has 0 fully saturated rings. The van der Waals surface area contributed by atoms with Gasteiger partial charge in [0.15, 0.2) is 0 Å². The molecular formula is C14H11F3N2OS. The second-order valence-corrected chi connectivity index (χ2v) is 4.86. The fraction of sp³-hybridized carbons (Fsp3) is 0.143. The molecule has 0 aliphatic heterocycles. The van der Waals surface area contributed by atoms with Crippen LogP contribution in [0.5, 0.6) is 0 Å². The zero-order valence-corrected chi connectivity index (χ0v) is 11.5. The molecule has 2 aromatic rings. The Kier molecular flexibility index (Phi) is 4.13. The molecule has 110 valence electrons. The van der Waals surface area contributed by atoms with Crippen molar-refractivity contribution in [2.75, 3.05) is 0 Å². The highest BCUT2D eigenvalue weighted by Crippen LogP contribution is 2.29. The van der Waals surface area contributed by atoms with Gasteiger partial charge in [-0.15, -0.1) is 0 Å². The Morgan fingerprint density at radius 1 is 1.24 bits per heavy atom. The van der Waals surface area contributed by atoms with E-state index >= 15 is 0 Å². The molecule has 0 saturated carbocycles. The van der Waals surface area contributed by atoms with Crippen LogP contribution in [0.2, 0.25) is 0 Å². The maximum atomic E-state index is 12.7. The minimum Gasteiger partial charge on any atom is -0.389 e. The predicted octanol–water partition coefficient (Wildman–Crippen LogP) is 2.55. The first-order chi connectivity index (χ1) is 9.79. The lowest BCUT2D eigenvalue weighted by atomic mass is 10.1. The summed E-state index contributed by atoms with van der Waals surface area (Å²) in [5.74, 6) is 0. The van der Waals surface area contributed by atoms with Crippen LogP contribution >= 0.6 is 12.2 Å². The van der Waals surface area contributed by atoms with E-state index in [0.717, 1.165) is 12.1 Å². The van der Waals surface area contributed by atoms with Crippen molar-refractivity contribution in [3.63, 3.8) is 0 Å². The quantitative estimate of drug-likeness (QED) is 0.886. The maximum absolute atomic E-state index is 12.7. The number of nitrogens with two attached hydrogens (primary N) is 1. The SMILES string of the molecule is NC(=S)c1cccn(Cc2cccc(C(F)(F)F)c2)c1=O. The molecule has 0 aliphatic rings. The molecule has 2 N–H and O–H groups in total. The van der Waals surface area contributed by atoms with Gasteiger partial charge in [0.25, 0.3) is 5.56 Å². The molecule has 1 aromatic heterocycles. The number of hydrogen-bond donors (Lipinski definition) is 1. The Hall–Kier alpha value is -2.15. The molecule has 0 saturated heterocycles. The second kappa shape index (κ2) is 5.69. The van der Waals surface area contributed by atoms with Gasteiger partial charge >= 0.3 is 6.18 Å². The summed E-state index contributed by atoms with van der Waals surface area (Å²) in [6, 6.07) is 7.88. The van der Waals surface area contributed by atoms with Gasteiger partial charge in [-0.25, -0.2) is 0 Å².